The molecule has 0 atom stereocenters. The Hall–Kier alpha value is -3.44. The maximum absolute atomic E-state index is 14.6. The van der Waals surface area contributed by atoms with E-state index in [1.54, 1.807) is 24.3 Å². The molecular formula is C22H18ClFN4O3. The summed E-state index contributed by atoms with van der Waals surface area (Å²) in [5.41, 5.74) is 4.92. The smallest absolute Gasteiger partial charge is 0.253 e. The third-order valence-corrected chi connectivity index (χ3v) is 6.20. The van der Waals surface area contributed by atoms with E-state index < -0.39 is 29.1 Å². The second kappa shape index (κ2) is 7.67. The zero-order chi connectivity index (χ0) is 22.3. The Morgan fingerprint density at radius 2 is 1.90 bits per heavy atom. The summed E-state index contributed by atoms with van der Waals surface area (Å²) >= 11 is 5.93. The molecule has 9 heteroatoms. The molecule has 0 bridgehead atoms. The molecule has 0 radical (unpaired) electrons. The first-order valence-corrected chi connectivity index (χ1v) is 9.99. The molecule has 7 nitrogen and oxygen atoms in total. The first-order valence-electron chi connectivity index (χ1n) is 9.61. The number of nitrogens with zero attached hydrogens (tertiary/aromatic N) is 3. The van der Waals surface area contributed by atoms with Gasteiger partial charge in [-0.1, -0.05) is 23.7 Å². The summed E-state index contributed by atoms with van der Waals surface area (Å²) < 4.78 is 14.6. The Morgan fingerprint density at radius 1 is 1.23 bits per heavy atom. The van der Waals surface area contributed by atoms with Gasteiger partial charge in [-0.05, 0) is 48.7 Å². The van der Waals surface area contributed by atoms with Gasteiger partial charge in [-0.3, -0.25) is 19.3 Å². The van der Waals surface area contributed by atoms with Gasteiger partial charge in [-0.15, -0.1) is 0 Å². The van der Waals surface area contributed by atoms with Crippen molar-refractivity contribution in [3.05, 3.63) is 64.4 Å². The monoisotopic (exact) mass is 440 g/mol. The standard InChI is InChI=1S/C22H18ClFN4O3/c23-16-4-1-13(2-5-16)11-28-19(29)12-27(18-6-3-14(10-25)7-17(18)24)21(31)22(28)8-15(9-22)20(26)30/h1-7,15H,8-9,11-12H2,(H2,26,30). The molecule has 2 N–H and O–H groups in total. The molecule has 4 rings (SSSR count). The number of hydrogen-bond donors (Lipinski definition) is 1. The minimum atomic E-state index is -1.28. The number of carbonyl (C=O) groups excluding carboxylic acids is 3. The molecule has 2 fully saturated rings. The maximum Gasteiger partial charge on any atom is 0.253 e. The molecule has 2 aliphatic rings. The number of piperazine rings is 1. The van der Waals surface area contributed by atoms with E-state index in [-0.39, 0.29) is 43.1 Å². The molecule has 0 aromatic heterocycles. The highest BCUT2D eigenvalue weighted by Gasteiger charge is 2.61. The average Bonchev–Trinajstić information content (AvgIpc) is 2.70. The third-order valence-electron chi connectivity index (χ3n) is 5.95. The number of carbonyl (C=O) groups is 3. The second-order valence-electron chi connectivity index (χ2n) is 7.81. The number of nitrogens with two attached hydrogens (primary N) is 1. The van der Waals surface area contributed by atoms with Crippen LogP contribution in [0.3, 0.4) is 0 Å². The van der Waals surface area contributed by atoms with Crippen LogP contribution in [0, 0.1) is 23.1 Å². The van der Waals surface area contributed by atoms with Crippen molar-refractivity contribution in [3.8, 4) is 6.07 Å². The number of benzene rings is 2. The first-order chi connectivity index (χ1) is 14.7. The van der Waals surface area contributed by atoms with Crippen LogP contribution in [0.25, 0.3) is 0 Å². The van der Waals surface area contributed by atoms with Crippen molar-refractivity contribution in [2.24, 2.45) is 11.7 Å². The van der Waals surface area contributed by atoms with Gasteiger partial charge in [0.1, 0.15) is 17.9 Å². The molecule has 2 aromatic carbocycles. The number of rotatable bonds is 4. The summed E-state index contributed by atoms with van der Waals surface area (Å²) in [6.07, 6.45) is 0.157. The van der Waals surface area contributed by atoms with Crippen molar-refractivity contribution >= 4 is 35.0 Å². The summed E-state index contributed by atoms with van der Waals surface area (Å²) in [6, 6.07) is 12.4. The van der Waals surface area contributed by atoms with Crippen molar-refractivity contribution in [1.29, 1.82) is 5.26 Å². The van der Waals surface area contributed by atoms with Gasteiger partial charge < -0.3 is 10.6 Å². The summed E-state index contributed by atoms with van der Waals surface area (Å²) in [6.45, 7) is -0.199. The van der Waals surface area contributed by atoms with Crippen LogP contribution < -0.4 is 10.6 Å². The SMILES string of the molecule is N#Cc1ccc(N2CC(=O)N(Cc3ccc(Cl)cc3)C3(CC(C(N)=O)C3)C2=O)c(F)c1. The highest BCUT2D eigenvalue weighted by Crippen LogP contribution is 2.47. The Balaban J connectivity index is 1.70. The lowest BCUT2D eigenvalue weighted by Gasteiger charge is -2.56. The molecule has 1 saturated carbocycles. The van der Waals surface area contributed by atoms with Gasteiger partial charge in [-0.25, -0.2) is 4.39 Å². The summed E-state index contributed by atoms with van der Waals surface area (Å²) in [7, 11) is 0. The van der Waals surface area contributed by atoms with Crippen LogP contribution in [-0.4, -0.2) is 34.7 Å². The van der Waals surface area contributed by atoms with E-state index in [2.05, 4.69) is 0 Å². The van der Waals surface area contributed by atoms with E-state index in [4.69, 9.17) is 22.6 Å². The highest BCUT2D eigenvalue weighted by atomic mass is 35.5. The molecule has 158 valence electrons. The van der Waals surface area contributed by atoms with Crippen LogP contribution in [0.4, 0.5) is 10.1 Å². The lowest BCUT2D eigenvalue weighted by Crippen LogP contribution is -2.73. The van der Waals surface area contributed by atoms with Gasteiger partial charge in [-0.2, -0.15) is 5.26 Å². The van der Waals surface area contributed by atoms with Gasteiger partial charge in [0, 0.05) is 17.5 Å². The Labute approximate surface area is 182 Å². The zero-order valence-electron chi connectivity index (χ0n) is 16.3. The molecule has 31 heavy (non-hydrogen) atoms. The van der Waals surface area contributed by atoms with Gasteiger partial charge in [0.2, 0.25) is 11.8 Å². The summed E-state index contributed by atoms with van der Waals surface area (Å²) in [4.78, 5) is 40.9. The second-order valence-corrected chi connectivity index (χ2v) is 8.25. The fourth-order valence-electron chi connectivity index (χ4n) is 4.25. The quantitative estimate of drug-likeness (QED) is 0.787. The van der Waals surface area contributed by atoms with Crippen molar-refractivity contribution in [1.82, 2.24) is 4.90 Å². The Kier molecular flexibility index (Phi) is 5.15. The van der Waals surface area contributed by atoms with Gasteiger partial charge in [0.25, 0.3) is 5.91 Å². The third kappa shape index (κ3) is 3.51. The average molecular weight is 441 g/mol. The maximum atomic E-state index is 14.6. The molecule has 1 aliphatic carbocycles. The van der Waals surface area contributed by atoms with E-state index >= 15 is 0 Å². The predicted molar refractivity (Wildman–Crippen MR) is 110 cm³/mol. The number of halogens is 2. The van der Waals surface area contributed by atoms with Crippen molar-refractivity contribution in [2.45, 2.75) is 24.9 Å². The number of anilines is 1. The zero-order valence-corrected chi connectivity index (χ0v) is 17.1. The van der Waals surface area contributed by atoms with Gasteiger partial charge >= 0.3 is 0 Å². The van der Waals surface area contributed by atoms with Crippen LogP contribution >= 0.6 is 11.6 Å². The minimum absolute atomic E-state index is 0.0783. The Morgan fingerprint density at radius 3 is 2.48 bits per heavy atom. The van der Waals surface area contributed by atoms with Crippen LogP contribution in [-0.2, 0) is 20.9 Å². The van der Waals surface area contributed by atoms with E-state index in [0.717, 1.165) is 16.5 Å². The topological polar surface area (TPSA) is 108 Å². The number of hydrogen-bond acceptors (Lipinski definition) is 4. The molecule has 2 aromatic rings. The fraction of sp³-hybridized carbons (Fsp3) is 0.273. The largest absolute Gasteiger partial charge is 0.369 e. The Bertz CT molecular complexity index is 1120. The first kappa shape index (κ1) is 20.8. The molecule has 1 heterocycles. The van der Waals surface area contributed by atoms with Gasteiger partial charge in [0.05, 0.1) is 17.3 Å². The van der Waals surface area contributed by atoms with E-state index in [1.165, 1.54) is 17.0 Å². The van der Waals surface area contributed by atoms with Crippen molar-refractivity contribution < 1.29 is 18.8 Å². The van der Waals surface area contributed by atoms with Crippen molar-refractivity contribution in [2.75, 3.05) is 11.4 Å². The molecular weight excluding hydrogens is 423 g/mol. The number of nitriles is 1. The van der Waals surface area contributed by atoms with Crippen LogP contribution in [0.15, 0.2) is 42.5 Å². The molecule has 1 spiro atoms. The fourth-order valence-corrected chi connectivity index (χ4v) is 4.38. The molecule has 1 saturated heterocycles. The van der Waals surface area contributed by atoms with Crippen LogP contribution in [0.2, 0.25) is 5.02 Å². The van der Waals surface area contributed by atoms with Gasteiger partial charge in [0.15, 0.2) is 0 Å². The molecule has 3 amide bonds. The van der Waals surface area contributed by atoms with Crippen LogP contribution in [0.1, 0.15) is 24.0 Å². The highest BCUT2D eigenvalue weighted by molar-refractivity contribution is 6.30. The number of amides is 3. The predicted octanol–water partition coefficient (Wildman–Crippen LogP) is 2.36. The van der Waals surface area contributed by atoms with E-state index in [9.17, 15) is 18.8 Å². The number of primary amides is 1. The minimum Gasteiger partial charge on any atom is -0.369 e. The summed E-state index contributed by atoms with van der Waals surface area (Å²) in [5, 5.41) is 9.49. The van der Waals surface area contributed by atoms with Crippen LogP contribution in [0.5, 0.6) is 0 Å². The van der Waals surface area contributed by atoms with E-state index in [0.29, 0.717) is 5.02 Å². The lowest BCUT2D eigenvalue weighted by molar-refractivity contribution is -0.164. The lowest BCUT2D eigenvalue weighted by atomic mass is 9.64. The van der Waals surface area contributed by atoms with E-state index in [1.807, 2.05) is 6.07 Å². The van der Waals surface area contributed by atoms with Crippen molar-refractivity contribution in [3.63, 3.8) is 0 Å². The normalized spacial score (nSPS) is 22.9. The molecule has 0 unspecified atom stereocenters. The molecule has 1 aliphatic heterocycles. The summed E-state index contributed by atoms with van der Waals surface area (Å²) in [5.74, 6) is -2.70.